The van der Waals surface area contributed by atoms with E-state index in [0.29, 0.717) is 17.9 Å². The molecule has 1 aromatic heterocycles. The number of nitrogens with one attached hydrogen (secondary N) is 2. The minimum absolute atomic E-state index is 0.175. The van der Waals surface area contributed by atoms with Crippen molar-refractivity contribution < 1.29 is 14.0 Å². The summed E-state index contributed by atoms with van der Waals surface area (Å²) in [5, 5.41) is 6.47. The molecule has 2 heterocycles. The van der Waals surface area contributed by atoms with Gasteiger partial charge in [0.25, 0.3) is 0 Å². The van der Waals surface area contributed by atoms with Crippen LogP contribution < -0.4 is 15.5 Å². The third kappa shape index (κ3) is 4.77. The second kappa shape index (κ2) is 8.96. The van der Waals surface area contributed by atoms with Gasteiger partial charge in [-0.2, -0.15) is 0 Å². The fourth-order valence-electron chi connectivity index (χ4n) is 3.08. The van der Waals surface area contributed by atoms with Crippen LogP contribution in [0, 0.1) is 5.82 Å². The van der Waals surface area contributed by atoms with Gasteiger partial charge >= 0.3 is 6.03 Å². The zero-order valence-electron chi connectivity index (χ0n) is 16.0. The van der Waals surface area contributed by atoms with E-state index < -0.39 is 0 Å². The number of nitrogens with zero attached hydrogens (tertiary/aromatic N) is 2. The van der Waals surface area contributed by atoms with Gasteiger partial charge in [-0.15, -0.1) is 11.8 Å². The van der Waals surface area contributed by atoms with Crippen LogP contribution in [-0.2, 0) is 11.2 Å². The summed E-state index contributed by atoms with van der Waals surface area (Å²) in [7, 11) is 0. The van der Waals surface area contributed by atoms with Gasteiger partial charge in [-0.1, -0.05) is 12.1 Å². The number of hydrogen-bond donors (Lipinski definition) is 2. The van der Waals surface area contributed by atoms with Gasteiger partial charge in [0.2, 0.25) is 5.91 Å². The second-order valence-electron chi connectivity index (χ2n) is 6.69. The summed E-state index contributed by atoms with van der Waals surface area (Å²) in [6.07, 6.45) is 1.90. The van der Waals surface area contributed by atoms with Crippen molar-refractivity contribution in [2.75, 3.05) is 27.8 Å². The summed E-state index contributed by atoms with van der Waals surface area (Å²) in [5.41, 5.74) is 2.79. The number of hydrogen-bond acceptors (Lipinski definition) is 4. The molecule has 0 saturated heterocycles. The van der Waals surface area contributed by atoms with Gasteiger partial charge in [-0.05, 0) is 54.1 Å². The maximum atomic E-state index is 12.9. The summed E-state index contributed by atoms with van der Waals surface area (Å²) in [5.74, 6) is 0.238. The van der Waals surface area contributed by atoms with Gasteiger partial charge in [0.15, 0.2) is 0 Å². The number of rotatable bonds is 4. The number of carbonyl (C=O) groups is 2. The number of benzene rings is 2. The van der Waals surface area contributed by atoms with Crippen LogP contribution in [0.15, 0.2) is 71.9 Å². The first-order chi connectivity index (χ1) is 14.6. The number of pyridine rings is 1. The quantitative estimate of drug-likeness (QED) is 0.647. The highest BCUT2D eigenvalue weighted by atomic mass is 32.2. The first-order valence-corrected chi connectivity index (χ1v) is 10.4. The molecule has 0 radical (unpaired) electrons. The monoisotopic (exact) mass is 422 g/mol. The average Bonchev–Trinajstić information content (AvgIpc) is 2.76. The Morgan fingerprint density at radius 1 is 1.00 bits per heavy atom. The van der Waals surface area contributed by atoms with E-state index in [1.165, 1.54) is 24.3 Å². The van der Waals surface area contributed by atoms with E-state index in [9.17, 15) is 14.0 Å². The number of urea groups is 1. The fraction of sp³-hybridized carbons (Fsp3) is 0.136. The Bertz CT molecular complexity index is 1060. The summed E-state index contributed by atoms with van der Waals surface area (Å²) in [4.78, 5) is 30.9. The Hall–Kier alpha value is -3.39. The van der Waals surface area contributed by atoms with E-state index in [0.717, 1.165) is 22.0 Å². The SMILES string of the molecule is O=C(Cc1ccc(NC(=O)N2CCSc3ncccc32)cc1)Nc1ccc(F)cc1. The third-order valence-electron chi connectivity index (χ3n) is 4.54. The van der Waals surface area contributed by atoms with Crippen molar-refractivity contribution in [3.8, 4) is 0 Å². The lowest BCUT2D eigenvalue weighted by Crippen LogP contribution is -2.38. The average molecular weight is 422 g/mol. The Kier molecular flexibility index (Phi) is 5.94. The lowest BCUT2D eigenvalue weighted by Gasteiger charge is -2.28. The van der Waals surface area contributed by atoms with Crippen LogP contribution in [0.25, 0.3) is 0 Å². The molecule has 6 nitrogen and oxygen atoms in total. The van der Waals surface area contributed by atoms with Gasteiger partial charge in [0.05, 0.1) is 12.1 Å². The number of fused-ring (bicyclic) bond motifs is 1. The van der Waals surface area contributed by atoms with Crippen molar-refractivity contribution in [3.05, 3.63) is 78.2 Å². The Labute approximate surface area is 177 Å². The molecule has 0 saturated carbocycles. The van der Waals surface area contributed by atoms with Crippen LogP contribution in [0.2, 0.25) is 0 Å². The third-order valence-corrected chi connectivity index (χ3v) is 5.51. The molecule has 0 atom stereocenters. The maximum absolute atomic E-state index is 12.9. The summed E-state index contributed by atoms with van der Waals surface area (Å²) in [6, 6.07) is 16.2. The topological polar surface area (TPSA) is 74.3 Å². The molecule has 0 aliphatic carbocycles. The van der Waals surface area contributed by atoms with Crippen molar-refractivity contribution in [3.63, 3.8) is 0 Å². The van der Waals surface area contributed by atoms with Crippen molar-refractivity contribution in [1.82, 2.24) is 4.98 Å². The number of thioether (sulfide) groups is 1. The van der Waals surface area contributed by atoms with Crippen molar-refractivity contribution in [2.24, 2.45) is 0 Å². The van der Waals surface area contributed by atoms with Crippen LogP contribution in [-0.4, -0.2) is 29.2 Å². The van der Waals surface area contributed by atoms with Crippen LogP contribution in [0.1, 0.15) is 5.56 Å². The van der Waals surface area contributed by atoms with E-state index >= 15 is 0 Å². The van der Waals surface area contributed by atoms with Gasteiger partial charge in [0, 0.05) is 29.9 Å². The van der Waals surface area contributed by atoms with E-state index in [-0.39, 0.29) is 24.2 Å². The Balaban J connectivity index is 1.35. The van der Waals surface area contributed by atoms with Crippen LogP contribution in [0.4, 0.5) is 26.2 Å². The molecule has 3 aromatic rings. The van der Waals surface area contributed by atoms with Crippen LogP contribution in [0.3, 0.4) is 0 Å². The molecule has 0 bridgehead atoms. The van der Waals surface area contributed by atoms with Crippen molar-refractivity contribution >= 4 is 40.8 Å². The number of aromatic nitrogens is 1. The molecule has 4 rings (SSSR count). The molecular weight excluding hydrogens is 403 g/mol. The first kappa shape index (κ1) is 19.9. The van der Waals surface area contributed by atoms with Gasteiger partial charge < -0.3 is 10.6 Å². The smallest absolute Gasteiger partial charge is 0.326 e. The molecule has 2 N–H and O–H groups in total. The highest BCUT2D eigenvalue weighted by Crippen LogP contribution is 2.32. The van der Waals surface area contributed by atoms with Crippen LogP contribution >= 0.6 is 11.8 Å². The molecule has 3 amide bonds. The highest BCUT2D eigenvalue weighted by molar-refractivity contribution is 7.99. The molecule has 0 fully saturated rings. The minimum Gasteiger partial charge on any atom is -0.326 e. The predicted octanol–water partition coefficient (Wildman–Crippen LogP) is 4.55. The van der Waals surface area contributed by atoms with Crippen molar-refractivity contribution in [1.29, 1.82) is 0 Å². The Morgan fingerprint density at radius 2 is 1.70 bits per heavy atom. The summed E-state index contributed by atoms with van der Waals surface area (Å²) >= 11 is 1.64. The number of halogens is 1. The van der Waals surface area contributed by atoms with E-state index in [4.69, 9.17) is 0 Å². The summed E-state index contributed by atoms with van der Waals surface area (Å²) in [6.45, 7) is 0.608. The maximum Gasteiger partial charge on any atom is 0.326 e. The highest BCUT2D eigenvalue weighted by Gasteiger charge is 2.23. The van der Waals surface area contributed by atoms with E-state index in [2.05, 4.69) is 15.6 Å². The zero-order chi connectivity index (χ0) is 20.9. The molecule has 0 spiro atoms. The molecule has 1 aliphatic heterocycles. The lowest BCUT2D eigenvalue weighted by molar-refractivity contribution is -0.115. The largest absolute Gasteiger partial charge is 0.326 e. The molecule has 0 unspecified atom stereocenters. The van der Waals surface area contributed by atoms with E-state index in [1.54, 1.807) is 47.1 Å². The van der Waals surface area contributed by atoms with Gasteiger partial charge in [-0.3, -0.25) is 9.69 Å². The standard InChI is InChI=1S/C22H19FN4O2S/c23-16-5-9-17(10-6-16)25-20(28)14-15-3-7-18(8-4-15)26-22(29)27-12-13-30-21-19(27)2-1-11-24-21/h1-11H,12-14H2,(H,25,28)(H,26,29). The molecule has 2 aromatic carbocycles. The minimum atomic E-state index is -0.353. The van der Waals surface area contributed by atoms with E-state index in [1.807, 2.05) is 12.1 Å². The fourth-order valence-corrected chi connectivity index (χ4v) is 4.01. The van der Waals surface area contributed by atoms with Gasteiger partial charge in [0.1, 0.15) is 10.8 Å². The molecule has 8 heteroatoms. The first-order valence-electron chi connectivity index (χ1n) is 9.39. The number of amides is 3. The Morgan fingerprint density at radius 3 is 2.47 bits per heavy atom. The molecule has 152 valence electrons. The normalized spacial score (nSPS) is 12.8. The lowest BCUT2D eigenvalue weighted by atomic mass is 10.1. The van der Waals surface area contributed by atoms with Crippen LogP contribution in [0.5, 0.6) is 0 Å². The predicted molar refractivity (Wildman–Crippen MR) is 117 cm³/mol. The molecular formula is C22H19FN4O2S. The number of carbonyl (C=O) groups excluding carboxylic acids is 2. The zero-order valence-corrected chi connectivity index (χ0v) is 16.8. The molecule has 1 aliphatic rings. The van der Waals surface area contributed by atoms with Gasteiger partial charge in [-0.25, -0.2) is 14.2 Å². The number of anilines is 3. The second-order valence-corrected chi connectivity index (χ2v) is 7.77. The summed E-state index contributed by atoms with van der Waals surface area (Å²) < 4.78 is 12.9. The van der Waals surface area contributed by atoms with Crippen molar-refractivity contribution in [2.45, 2.75) is 11.4 Å². The molecule has 30 heavy (non-hydrogen) atoms.